The minimum Gasteiger partial charge on any atom is -0.462 e. The maximum absolute atomic E-state index is 12.3. The van der Waals surface area contributed by atoms with Crippen molar-refractivity contribution >= 4 is 42.1 Å². The number of carbonyl (C=O) groups excluding carboxylic acids is 1. The first-order valence-electron chi connectivity index (χ1n) is 6.66. The van der Waals surface area contributed by atoms with Gasteiger partial charge >= 0.3 is 0 Å². The zero-order valence-electron chi connectivity index (χ0n) is 12.5. The molecule has 0 saturated carbocycles. The van der Waals surface area contributed by atoms with Gasteiger partial charge in [0.25, 0.3) is 5.91 Å². The van der Waals surface area contributed by atoms with Crippen LogP contribution in [-0.2, 0) is 0 Å². The van der Waals surface area contributed by atoms with Gasteiger partial charge in [-0.1, -0.05) is 13.8 Å². The van der Waals surface area contributed by atoms with Crippen LogP contribution in [0.2, 0.25) is 0 Å². The third-order valence-corrected chi connectivity index (χ3v) is 4.60. The lowest BCUT2D eigenvalue weighted by atomic mass is 9.93. The minimum absolute atomic E-state index is 0. The van der Waals surface area contributed by atoms with Gasteiger partial charge in [0.05, 0.1) is 18.0 Å². The van der Waals surface area contributed by atoms with Crippen molar-refractivity contribution in [1.29, 1.82) is 0 Å². The Bertz CT molecular complexity index is 560. The molecule has 2 aromatic heterocycles. The minimum atomic E-state index is -0.341. The molecule has 0 aliphatic carbocycles. The van der Waals surface area contributed by atoms with Crippen molar-refractivity contribution in [3.05, 3.63) is 29.5 Å². The fourth-order valence-corrected chi connectivity index (χ4v) is 2.74. The fourth-order valence-electron chi connectivity index (χ4n) is 1.96. The molecule has 0 aliphatic heterocycles. The van der Waals surface area contributed by atoms with Gasteiger partial charge in [-0.2, -0.15) is 0 Å². The van der Waals surface area contributed by atoms with Crippen molar-refractivity contribution in [3.8, 4) is 10.8 Å². The summed E-state index contributed by atoms with van der Waals surface area (Å²) >= 11 is 1.31. The average Bonchev–Trinajstić information content (AvgIpc) is 3.14. The van der Waals surface area contributed by atoms with Crippen molar-refractivity contribution < 1.29 is 9.21 Å². The van der Waals surface area contributed by atoms with E-state index in [0.717, 1.165) is 12.8 Å². The SMILES string of the molecule is CCC(CC)(CN)NC(=O)c1cnc(-c2ccco2)s1.Cl.Cl. The van der Waals surface area contributed by atoms with E-state index in [2.05, 4.69) is 10.3 Å². The summed E-state index contributed by atoms with van der Waals surface area (Å²) in [5.74, 6) is 0.541. The number of rotatable bonds is 6. The van der Waals surface area contributed by atoms with Crippen LogP contribution in [0.15, 0.2) is 29.0 Å². The van der Waals surface area contributed by atoms with Gasteiger partial charge in [0.2, 0.25) is 0 Å². The normalized spacial score (nSPS) is 10.5. The van der Waals surface area contributed by atoms with Gasteiger partial charge in [-0.05, 0) is 25.0 Å². The van der Waals surface area contributed by atoms with Gasteiger partial charge < -0.3 is 15.5 Å². The van der Waals surface area contributed by atoms with E-state index in [9.17, 15) is 4.79 Å². The molecule has 0 aromatic carbocycles. The predicted octanol–water partition coefficient (Wildman–Crippen LogP) is 3.49. The number of thiazole rings is 1. The molecule has 1 amide bonds. The van der Waals surface area contributed by atoms with E-state index in [0.29, 0.717) is 22.2 Å². The van der Waals surface area contributed by atoms with Crippen molar-refractivity contribution in [1.82, 2.24) is 10.3 Å². The number of carbonyl (C=O) groups is 1. The van der Waals surface area contributed by atoms with Crippen LogP contribution in [-0.4, -0.2) is 23.0 Å². The number of halogens is 2. The number of hydrogen-bond acceptors (Lipinski definition) is 5. The smallest absolute Gasteiger partial charge is 0.263 e. The molecule has 0 fully saturated rings. The Balaban J connectivity index is 0.00000220. The number of nitrogens with two attached hydrogens (primary N) is 1. The average molecular weight is 366 g/mol. The summed E-state index contributed by atoms with van der Waals surface area (Å²) in [7, 11) is 0. The molecule has 2 aromatic rings. The van der Waals surface area contributed by atoms with Crippen molar-refractivity contribution in [3.63, 3.8) is 0 Å². The van der Waals surface area contributed by atoms with Crippen molar-refractivity contribution in [2.75, 3.05) is 6.54 Å². The van der Waals surface area contributed by atoms with Crippen LogP contribution < -0.4 is 11.1 Å². The summed E-state index contributed by atoms with van der Waals surface area (Å²) < 4.78 is 5.27. The van der Waals surface area contributed by atoms with E-state index in [-0.39, 0.29) is 36.3 Å². The van der Waals surface area contributed by atoms with E-state index in [1.807, 2.05) is 19.9 Å². The zero-order valence-corrected chi connectivity index (χ0v) is 14.9. The second kappa shape index (κ2) is 9.15. The van der Waals surface area contributed by atoms with Crippen molar-refractivity contribution in [2.45, 2.75) is 32.2 Å². The zero-order chi connectivity index (χ0) is 14.6. The molecule has 0 unspecified atom stereocenters. The molecule has 0 aliphatic rings. The molecule has 2 rings (SSSR count). The fraction of sp³-hybridized carbons (Fsp3) is 0.429. The van der Waals surface area contributed by atoms with E-state index in [1.165, 1.54) is 11.3 Å². The Kier molecular flexibility index (Phi) is 8.70. The summed E-state index contributed by atoms with van der Waals surface area (Å²) in [6, 6.07) is 3.62. The Hall–Kier alpha value is -1.08. The van der Waals surface area contributed by atoms with Gasteiger partial charge in [-0.25, -0.2) is 4.98 Å². The number of hydrogen-bond donors (Lipinski definition) is 2. The molecule has 3 N–H and O–H groups in total. The third kappa shape index (κ3) is 4.46. The van der Waals surface area contributed by atoms with Crippen LogP contribution in [0.1, 0.15) is 36.4 Å². The molecule has 22 heavy (non-hydrogen) atoms. The number of nitrogens with one attached hydrogen (secondary N) is 1. The molecule has 0 saturated heterocycles. The van der Waals surface area contributed by atoms with Crippen LogP contribution in [0, 0.1) is 0 Å². The summed E-state index contributed by atoms with van der Waals surface area (Å²) in [5.41, 5.74) is 5.45. The Morgan fingerprint density at radius 2 is 2.09 bits per heavy atom. The van der Waals surface area contributed by atoms with Crippen LogP contribution >= 0.6 is 36.2 Å². The number of aromatic nitrogens is 1. The molecule has 8 heteroatoms. The highest BCUT2D eigenvalue weighted by Gasteiger charge is 2.27. The van der Waals surface area contributed by atoms with Gasteiger partial charge in [-0.3, -0.25) is 4.79 Å². The van der Waals surface area contributed by atoms with Gasteiger partial charge in [0, 0.05) is 6.54 Å². The van der Waals surface area contributed by atoms with Gasteiger partial charge in [0.1, 0.15) is 4.88 Å². The van der Waals surface area contributed by atoms with E-state index < -0.39 is 0 Å². The Labute approximate surface area is 146 Å². The summed E-state index contributed by atoms with van der Waals surface area (Å²) in [6.45, 7) is 4.48. The molecular formula is C14H21Cl2N3O2S. The molecule has 124 valence electrons. The molecule has 0 spiro atoms. The molecule has 2 heterocycles. The van der Waals surface area contributed by atoms with Gasteiger partial charge in [0.15, 0.2) is 10.8 Å². The Morgan fingerprint density at radius 1 is 1.41 bits per heavy atom. The lowest BCUT2D eigenvalue weighted by Crippen LogP contribution is -2.52. The van der Waals surface area contributed by atoms with Crippen LogP contribution in [0.5, 0.6) is 0 Å². The second-order valence-electron chi connectivity index (χ2n) is 4.65. The highest BCUT2D eigenvalue weighted by atomic mass is 35.5. The summed E-state index contributed by atoms with van der Waals surface area (Å²) in [4.78, 5) is 17.1. The molecule has 0 radical (unpaired) electrons. The lowest BCUT2D eigenvalue weighted by molar-refractivity contribution is 0.0899. The standard InChI is InChI=1S/C14H19N3O2S.2ClH/c1-3-14(4-2,9-15)17-12(18)11-8-16-13(20-11)10-6-5-7-19-10;;/h5-8H,3-4,9,15H2,1-2H3,(H,17,18);2*1H. The van der Waals surface area contributed by atoms with Gasteiger partial charge in [-0.15, -0.1) is 36.2 Å². The first-order chi connectivity index (χ1) is 9.64. The van der Waals surface area contributed by atoms with Crippen LogP contribution in [0.4, 0.5) is 0 Å². The first kappa shape index (κ1) is 20.9. The first-order valence-corrected chi connectivity index (χ1v) is 7.48. The quantitative estimate of drug-likeness (QED) is 0.820. The van der Waals surface area contributed by atoms with E-state index in [1.54, 1.807) is 18.5 Å². The molecule has 0 atom stereocenters. The third-order valence-electron chi connectivity index (χ3n) is 3.58. The topological polar surface area (TPSA) is 81.1 Å². The highest BCUT2D eigenvalue weighted by molar-refractivity contribution is 7.16. The molecule has 0 bridgehead atoms. The highest BCUT2D eigenvalue weighted by Crippen LogP contribution is 2.26. The van der Waals surface area contributed by atoms with E-state index >= 15 is 0 Å². The van der Waals surface area contributed by atoms with Crippen LogP contribution in [0.3, 0.4) is 0 Å². The summed E-state index contributed by atoms with van der Waals surface area (Å²) in [6.07, 6.45) is 4.76. The summed E-state index contributed by atoms with van der Waals surface area (Å²) in [5, 5.41) is 3.73. The lowest BCUT2D eigenvalue weighted by Gasteiger charge is -2.31. The number of furan rings is 1. The number of nitrogens with zero attached hydrogens (tertiary/aromatic N) is 1. The largest absolute Gasteiger partial charge is 0.462 e. The van der Waals surface area contributed by atoms with Crippen molar-refractivity contribution in [2.24, 2.45) is 5.73 Å². The van der Waals surface area contributed by atoms with Crippen LogP contribution in [0.25, 0.3) is 10.8 Å². The second-order valence-corrected chi connectivity index (χ2v) is 5.68. The Morgan fingerprint density at radius 3 is 2.59 bits per heavy atom. The maximum Gasteiger partial charge on any atom is 0.263 e. The predicted molar refractivity (Wildman–Crippen MR) is 94.1 cm³/mol. The maximum atomic E-state index is 12.3. The monoisotopic (exact) mass is 365 g/mol. The molecular weight excluding hydrogens is 345 g/mol. The number of amides is 1. The molecule has 5 nitrogen and oxygen atoms in total. The van der Waals surface area contributed by atoms with E-state index in [4.69, 9.17) is 10.2 Å².